The van der Waals surface area contributed by atoms with Crippen LogP contribution < -0.4 is 5.32 Å². The van der Waals surface area contributed by atoms with E-state index in [9.17, 15) is 4.79 Å². The number of nitrogens with one attached hydrogen (secondary N) is 1. The Morgan fingerprint density at radius 1 is 1.57 bits per heavy atom. The Bertz CT molecular complexity index is 336. The Morgan fingerprint density at radius 2 is 2.29 bits per heavy atom. The highest BCUT2D eigenvalue weighted by Gasteiger charge is 2.29. The molecule has 0 radical (unpaired) electrons. The molecule has 1 aromatic rings. The van der Waals surface area contributed by atoms with Crippen LogP contribution in [0.1, 0.15) is 28.4 Å². The average molecular weight is 210 g/mol. The second-order valence-electron chi connectivity index (χ2n) is 3.74. The fourth-order valence-electron chi connectivity index (χ4n) is 1.27. The molecule has 0 aliphatic heterocycles. The van der Waals surface area contributed by atoms with Crippen LogP contribution in [-0.4, -0.2) is 10.9 Å². The highest BCUT2D eigenvalue weighted by atomic mass is 32.1. The standard InChI is InChI=1S/C10H14N2OS/c1-6-7(2)14-9(12-6)5-11-10(13)8-3-4-8/h8H,3-5H2,1-2H3,(H,11,13). The monoisotopic (exact) mass is 210 g/mol. The summed E-state index contributed by atoms with van der Waals surface area (Å²) < 4.78 is 0. The summed E-state index contributed by atoms with van der Waals surface area (Å²) in [5, 5.41) is 3.92. The second-order valence-corrected chi connectivity index (χ2v) is 5.03. The van der Waals surface area contributed by atoms with Gasteiger partial charge in [0.05, 0.1) is 12.2 Å². The summed E-state index contributed by atoms with van der Waals surface area (Å²) in [6, 6.07) is 0. The zero-order valence-corrected chi connectivity index (χ0v) is 9.28. The van der Waals surface area contributed by atoms with Gasteiger partial charge >= 0.3 is 0 Å². The number of carbonyl (C=O) groups excluding carboxylic acids is 1. The number of aromatic nitrogens is 1. The number of thiazole rings is 1. The van der Waals surface area contributed by atoms with Gasteiger partial charge < -0.3 is 5.32 Å². The molecule has 14 heavy (non-hydrogen) atoms. The number of hydrogen-bond acceptors (Lipinski definition) is 3. The summed E-state index contributed by atoms with van der Waals surface area (Å²) in [6.45, 7) is 4.64. The largest absolute Gasteiger partial charge is 0.349 e. The maximum atomic E-state index is 11.3. The molecule has 0 aromatic carbocycles. The summed E-state index contributed by atoms with van der Waals surface area (Å²) >= 11 is 1.66. The van der Waals surface area contributed by atoms with Crippen LogP contribution in [0, 0.1) is 19.8 Å². The first-order chi connectivity index (χ1) is 6.66. The van der Waals surface area contributed by atoms with Crippen molar-refractivity contribution in [2.45, 2.75) is 33.2 Å². The molecule has 76 valence electrons. The van der Waals surface area contributed by atoms with Gasteiger partial charge in [0.15, 0.2) is 0 Å². The molecule has 2 rings (SSSR count). The average Bonchev–Trinajstić information content (AvgIpc) is 2.92. The molecule has 1 N–H and O–H groups in total. The minimum absolute atomic E-state index is 0.190. The fraction of sp³-hybridized carbons (Fsp3) is 0.600. The van der Waals surface area contributed by atoms with E-state index in [1.165, 1.54) is 4.88 Å². The van der Waals surface area contributed by atoms with E-state index in [0.717, 1.165) is 23.5 Å². The Balaban J connectivity index is 1.87. The highest BCUT2D eigenvalue weighted by Crippen LogP contribution is 2.28. The van der Waals surface area contributed by atoms with Crippen molar-refractivity contribution in [1.29, 1.82) is 0 Å². The van der Waals surface area contributed by atoms with Crippen molar-refractivity contribution in [3.63, 3.8) is 0 Å². The van der Waals surface area contributed by atoms with Gasteiger partial charge in [-0.15, -0.1) is 11.3 Å². The van der Waals surface area contributed by atoms with Crippen LogP contribution in [0.2, 0.25) is 0 Å². The number of hydrogen-bond donors (Lipinski definition) is 1. The predicted molar refractivity (Wildman–Crippen MR) is 56.2 cm³/mol. The number of carbonyl (C=O) groups is 1. The van der Waals surface area contributed by atoms with Gasteiger partial charge in [-0.2, -0.15) is 0 Å². The van der Waals surface area contributed by atoms with Crippen molar-refractivity contribution in [2.24, 2.45) is 5.92 Å². The van der Waals surface area contributed by atoms with Crippen molar-refractivity contribution >= 4 is 17.2 Å². The summed E-state index contributed by atoms with van der Waals surface area (Å²) in [7, 11) is 0. The Morgan fingerprint density at radius 3 is 2.79 bits per heavy atom. The first kappa shape index (κ1) is 9.65. The normalized spacial score (nSPS) is 15.6. The van der Waals surface area contributed by atoms with E-state index in [1.807, 2.05) is 6.92 Å². The van der Waals surface area contributed by atoms with Crippen LogP contribution >= 0.6 is 11.3 Å². The van der Waals surface area contributed by atoms with Crippen LogP contribution in [0.4, 0.5) is 0 Å². The second kappa shape index (κ2) is 3.69. The zero-order chi connectivity index (χ0) is 10.1. The third kappa shape index (κ3) is 2.12. The van der Waals surface area contributed by atoms with Crippen LogP contribution in [0.5, 0.6) is 0 Å². The molecule has 1 aliphatic carbocycles. The lowest BCUT2D eigenvalue weighted by Gasteiger charge is -1.99. The first-order valence-electron chi connectivity index (χ1n) is 4.87. The highest BCUT2D eigenvalue weighted by molar-refractivity contribution is 7.11. The van der Waals surface area contributed by atoms with Gasteiger partial charge in [0.2, 0.25) is 5.91 Å². The van der Waals surface area contributed by atoms with Crippen molar-refractivity contribution in [3.05, 3.63) is 15.6 Å². The molecule has 1 aromatic heterocycles. The van der Waals surface area contributed by atoms with Gasteiger partial charge in [-0.25, -0.2) is 4.98 Å². The molecule has 4 heteroatoms. The molecule has 0 saturated heterocycles. The predicted octanol–water partition coefficient (Wildman–Crippen LogP) is 1.79. The van der Waals surface area contributed by atoms with E-state index in [0.29, 0.717) is 6.54 Å². The third-order valence-electron chi connectivity index (χ3n) is 2.43. The molecule has 0 spiro atoms. The Labute approximate surface area is 87.6 Å². The molecular formula is C10H14N2OS. The van der Waals surface area contributed by atoms with Gasteiger partial charge in [-0.3, -0.25) is 4.79 Å². The number of aryl methyl sites for hydroxylation is 2. The molecular weight excluding hydrogens is 196 g/mol. The lowest BCUT2D eigenvalue weighted by molar-refractivity contribution is -0.122. The van der Waals surface area contributed by atoms with Crippen molar-refractivity contribution < 1.29 is 4.79 Å². The lowest BCUT2D eigenvalue weighted by Crippen LogP contribution is -2.23. The van der Waals surface area contributed by atoms with E-state index in [1.54, 1.807) is 11.3 Å². The van der Waals surface area contributed by atoms with Gasteiger partial charge in [0, 0.05) is 10.8 Å². The minimum Gasteiger partial charge on any atom is -0.349 e. The van der Waals surface area contributed by atoms with Crippen LogP contribution in [0.3, 0.4) is 0 Å². The molecule has 1 fully saturated rings. The van der Waals surface area contributed by atoms with Crippen LogP contribution in [0.15, 0.2) is 0 Å². The Hall–Kier alpha value is -0.900. The van der Waals surface area contributed by atoms with E-state index in [4.69, 9.17) is 0 Å². The summed E-state index contributed by atoms with van der Waals surface area (Å²) in [5.41, 5.74) is 1.07. The van der Waals surface area contributed by atoms with Crippen molar-refractivity contribution in [2.75, 3.05) is 0 Å². The summed E-state index contributed by atoms with van der Waals surface area (Å²) in [6.07, 6.45) is 2.11. The van der Waals surface area contributed by atoms with E-state index in [-0.39, 0.29) is 11.8 Å². The molecule has 3 nitrogen and oxygen atoms in total. The maximum absolute atomic E-state index is 11.3. The SMILES string of the molecule is Cc1nc(CNC(=O)C2CC2)sc1C. The van der Waals surface area contributed by atoms with Gasteiger partial charge in [0.25, 0.3) is 0 Å². The van der Waals surface area contributed by atoms with Gasteiger partial charge in [0.1, 0.15) is 5.01 Å². The molecule has 1 heterocycles. The number of rotatable bonds is 3. The zero-order valence-electron chi connectivity index (χ0n) is 8.46. The summed E-state index contributed by atoms with van der Waals surface area (Å²) in [5.74, 6) is 0.479. The van der Waals surface area contributed by atoms with E-state index in [2.05, 4.69) is 17.2 Å². The first-order valence-corrected chi connectivity index (χ1v) is 5.69. The fourth-order valence-corrected chi connectivity index (χ4v) is 2.14. The number of amides is 1. The van der Waals surface area contributed by atoms with Crippen molar-refractivity contribution in [1.82, 2.24) is 10.3 Å². The molecule has 0 unspecified atom stereocenters. The van der Waals surface area contributed by atoms with Gasteiger partial charge in [-0.05, 0) is 26.7 Å². The quantitative estimate of drug-likeness (QED) is 0.826. The van der Waals surface area contributed by atoms with Crippen LogP contribution in [0.25, 0.3) is 0 Å². The minimum atomic E-state index is 0.190. The maximum Gasteiger partial charge on any atom is 0.223 e. The molecule has 0 bridgehead atoms. The molecule has 1 saturated carbocycles. The molecule has 0 atom stereocenters. The lowest BCUT2D eigenvalue weighted by atomic mass is 10.4. The summed E-state index contributed by atoms with van der Waals surface area (Å²) in [4.78, 5) is 16.9. The van der Waals surface area contributed by atoms with Gasteiger partial charge in [-0.1, -0.05) is 0 Å². The smallest absolute Gasteiger partial charge is 0.223 e. The van der Waals surface area contributed by atoms with Crippen LogP contribution in [-0.2, 0) is 11.3 Å². The number of nitrogens with zero attached hydrogens (tertiary/aromatic N) is 1. The topological polar surface area (TPSA) is 42.0 Å². The molecule has 1 amide bonds. The van der Waals surface area contributed by atoms with E-state index < -0.39 is 0 Å². The van der Waals surface area contributed by atoms with Crippen molar-refractivity contribution in [3.8, 4) is 0 Å². The Kier molecular flexibility index (Phi) is 2.54. The molecule has 1 aliphatic rings. The third-order valence-corrected chi connectivity index (χ3v) is 3.51. The van der Waals surface area contributed by atoms with E-state index >= 15 is 0 Å².